The molecule has 0 heterocycles. The second-order valence-electron chi connectivity index (χ2n) is 3.76. The van der Waals surface area contributed by atoms with E-state index in [1.165, 1.54) is 19.3 Å². The number of rotatable bonds is 4. The van der Waals surface area contributed by atoms with Gasteiger partial charge in [-0.05, 0) is 19.9 Å². The molecule has 1 aliphatic carbocycles. The molecule has 0 spiro atoms. The molecule has 0 bridgehead atoms. The van der Waals surface area contributed by atoms with Gasteiger partial charge in [-0.1, -0.05) is 13.3 Å². The van der Waals surface area contributed by atoms with Crippen LogP contribution in [-0.2, 0) is 4.79 Å². The molecule has 1 atom stereocenters. The molecule has 12 heavy (non-hydrogen) atoms. The van der Waals surface area contributed by atoms with Gasteiger partial charge in [0.05, 0.1) is 5.92 Å². The van der Waals surface area contributed by atoms with E-state index < -0.39 is 5.97 Å². The van der Waals surface area contributed by atoms with Gasteiger partial charge in [0, 0.05) is 12.6 Å². The van der Waals surface area contributed by atoms with Crippen molar-refractivity contribution >= 4 is 5.97 Å². The lowest BCUT2D eigenvalue weighted by atomic mass is 9.91. The molecule has 1 saturated carbocycles. The van der Waals surface area contributed by atoms with Crippen molar-refractivity contribution in [3.05, 3.63) is 0 Å². The van der Waals surface area contributed by atoms with Crippen molar-refractivity contribution in [2.24, 2.45) is 5.92 Å². The van der Waals surface area contributed by atoms with Crippen LogP contribution >= 0.6 is 0 Å². The van der Waals surface area contributed by atoms with Crippen LogP contribution in [0.25, 0.3) is 0 Å². The summed E-state index contributed by atoms with van der Waals surface area (Å²) in [6.45, 7) is 2.44. The molecule has 0 amide bonds. The fourth-order valence-electron chi connectivity index (χ4n) is 1.49. The summed E-state index contributed by atoms with van der Waals surface area (Å²) in [5, 5.41) is 8.68. The highest BCUT2D eigenvalue weighted by Gasteiger charge is 2.24. The first-order chi connectivity index (χ1) is 5.61. The summed E-state index contributed by atoms with van der Waals surface area (Å²) >= 11 is 0. The van der Waals surface area contributed by atoms with Crippen LogP contribution in [0.3, 0.4) is 0 Å². The van der Waals surface area contributed by atoms with Crippen molar-refractivity contribution in [2.45, 2.75) is 32.2 Å². The van der Waals surface area contributed by atoms with Crippen molar-refractivity contribution in [3.8, 4) is 0 Å². The Balaban J connectivity index is 2.24. The smallest absolute Gasteiger partial charge is 0.307 e. The lowest BCUT2D eigenvalue weighted by Crippen LogP contribution is -2.40. The van der Waals surface area contributed by atoms with Gasteiger partial charge in [-0.25, -0.2) is 0 Å². The molecule has 3 heteroatoms. The number of nitrogens with zero attached hydrogens (tertiary/aromatic N) is 1. The van der Waals surface area contributed by atoms with Gasteiger partial charge in [-0.2, -0.15) is 0 Å². The Morgan fingerprint density at radius 1 is 1.67 bits per heavy atom. The molecule has 0 aromatic heterocycles. The Hall–Kier alpha value is -0.570. The number of carboxylic acid groups (broad SMARTS) is 1. The number of hydrogen-bond acceptors (Lipinski definition) is 2. The van der Waals surface area contributed by atoms with E-state index in [1.54, 1.807) is 6.92 Å². The van der Waals surface area contributed by atoms with Crippen LogP contribution in [0, 0.1) is 5.92 Å². The SMILES string of the molecule is CC(CN(C)C1CCC1)C(=O)O. The molecule has 3 nitrogen and oxygen atoms in total. The minimum Gasteiger partial charge on any atom is -0.481 e. The first-order valence-corrected chi connectivity index (χ1v) is 4.54. The maximum Gasteiger partial charge on any atom is 0.307 e. The van der Waals surface area contributed by atoms with E-state index in [-0.39, 0.29) is 5.92 Å². The van der Waals surface area contributed by atoms with Crippen LogP contribution in [0.4, 0.5) is 0 Å². The zero-order chi connectivity index (χ0) is 9.14. The number of aliphatic carboxylic acids is 1. The quantitative estimate of drug-likeness (QED) is 0.690. The van der Waals surface area contributed by atoms with E-state index >= 15 is 0 Å². The van der Waals surface area contributed by atoms with Gasteiger partial charge in [0.15, 0.2) is 0 Å². The molecule has 1 aliphatic rings. The van der Waals surface area contributed by atoms with Gasteiger partial charge < -0.3 is 10.0 Å². The third-order valence-electron chi connectivity index (χ3n) is 2.68. The fourth-order valence-corrected chi connectivity index (χ4v) is 1.49. The summed E-state index contributed by atoms with van der Waals surface area (Å²) in [6.07, 6.45) is 3.78. The molecule has 0 radical (unpaired) electrons. The second-order valence-corrected chi connectivity index (χ2v) is 3.76. The zero-order valence-corrected chi connectivity index (χ0v) is 7.79. The third-order valence-corrected chi connectivity index (χ3v) is 2.68. The number of carbonyl (C=O) groups is 1. The molecule has 0 saturated heterocycles. The zero-order valence-electron chi connectivity index (χ0n) is 7.79. The van der Waals surface area contributed by atoms with Crippen LogP contribution in [0.1, 0.15) is 26.2 Å². The maximum atomic E-state index is 10.5. The van der Waals surface area contributed by atoms with E-state index in [1.807, 2.05) is 7.05 Å². The molecule has 1 unspecified atom stereocenters. The predicted molar refractivity (Wildman–Crippen MR) is 47.1 cm³/mol. The molecule has 0 aromatic carbocycles. The standard InChI is InChI=1S/C9H17NO2/c1-7(9(11)12)6-10(2)8-4-3-5-8/h7-8H,3-6H2,1-2H3,(H,11,12). The highest BCUT2D eigenvalue weighted by atomic mass is 16.4. The number of hydrogen-bond donors (Lipinski definition) is 1. The Morgan fingerprint density at radius 2 is 2.25 bits per heavy atom. The van der Waals surface area contributed by atoms with Crippen molar-refractivity contribution in [1.29, 1.82) is 0 Å². The molecular weight excluding hydrogens is 154 g/mol. The fraction of sp³-hybridized carbons (Fsp3) is 0.889. The van der Waals surface area contributed by atoms with Crippen LogP contribution in [0.2, 0.25) is 0 Å². The van der Waals surface area contributed by atoms with Gasteiger partial charge in [-0.15, -0.1) is 0 Å². The topological polar surface area (TPSA) is 40.5 Å². The van der Waals surface area contributed by atoms with E-state index in [0.717, 1.165) is 0 Å². The van der Waals surface area contributed by atoms with Gasteiger partial charge in [0.2, 0.25) is 0 Å². The highest BCUT2D eigenvalue weighted by Crippen LogP contribution is 2.23. The Kier molecular flexibility index (Phi) is 3.09. The Bertz CT molecular complexity index is 166. The van der Waals surface area contributed by atoms with Gasteiger partial charge in [0.1, 0.15) is 0 Å². The van der Waals surface area contributed by atoms with E-state index in [0.29, 0.717) is 12.6 Å². The Labute approximate surface area is 73.4 Å². The van der Waals surface area contributed by atoms with Gasteiger partial charge in [-0.3, -0.25) is 4.79 Å². The van der Waals surface area contributed by atoms with E-state index in [2.05, 4.69) is 4.90 Å². The van der Waals surface area contributed by atoms with Crippen LogP contribution < -0.4 is 0 Å². The molecular formula is C9H17NO2. The van der Waals surface area contributed by atoms with Crippen molar-refractivity contribution in [3.63, 3.8) is 0 Å². The van der Waals surface area contributed by atoms with Crippen molar-refractivity contribution < 1.29 is 9.90 Å². The van der Waals surface area contributed by atoms with Crippen molar-refractivity contribution in [2.75, 3.05) is 13.6 Å². The van der Waals surface area contributed by atoms with Crippen molar-refractivity contribution in [1.82, 2.24) is 4.90 Å². The van der Waals surface area contributed by atoms with E-state index in [4.69, 9.17) is 5.11 Å². The summed E-state index contributed by atoms with van der Waals surface area (Å²) in [7, 11) is 2.02. The summed E-state index contributed by atoms with van der Waals surface area (Å²) in [5.41, 5.74) is 0. The van der Waals surface area contributed by atoms with Gasteiger partial charge >= 0.3 is 5.97 Å². The molecule has 1 fully saturated rings. The molecule has 0 aromatic rings. The summed E-state index contributed by atoms with van der Waals surface area (Å²) in [6, 6.07) is 0.645. The van der Waals surface area contributed by atoms with E-state index in [9.17, 15) is 4.79 Å². The molecule has 1 N–H and O–H groups in total. The molecule has 1 rings (SSSR count). The average molecular weight is 171 g/mol. The third kappa shape index (κ3) is 2.21. The lowest BCUT2D eigenvalue weighted by Gasteiger charge is -2.35. The highest BCUT2D eigenvalue weighted by molar-refractivity contribution is 5.69. The first kappa shape index (κ1) is 9.52. The number of carboxylic acids is 1. The second kappa shape index (κ2) is 3.90. The molecule has 0 aliphatic heterocycles. The molecule has 70 valence electrons. The first-order valence-electron chi connectivity index (χ1n) is 4.54. The van der Waals surface area contributed by atoms with Crippen LogP contribution in [0.5, 0.6) is 0 Å². The summed E-state index contributed by atoms with van der Waals surface area (Å²) in [4.78, 5) is 12.7. The predicted octanol–water partition coefficient (Wildman–Crippen LogP) is 1.19. The minimum absolute atomic E-state index is 0.240. The largest absolute Gasteiger partial charge is 0.481 e. The lowest BCUT2D eigenvalue weighted by molar-refractivity contribution is -0.141. The minimum atomic E-state index is -0.693. The summed E-state index contributed by atoms with van der Waals surface area (Å²) < 4.78 is 0. The van der Waals surface area contributed by atoms with Crippen LogP contribution in [0.15, 0.2) is 0 Å². The summed E-state index contributed by atoms with van der Waals surface area (Å²) in [5.74, 6) is -0.934. The Morgan fingerprint density at radius 3 is 2.58 bits per heavy atom. The maximum absolute atomic E-state index is 10.5. The monoisotopic (exact) mass is 171 g/mol. The average Bonchev–Trinajstić information content (AvgIpc) is 1.82. The normalized spacial score (nSPS) is 20.6. The van der Waals surface area contributed by atoms with Gasteiger partial charge in [0.25, 0.3) is 0 Å². The van der Waals surface area contributed by atoms with Crippen LogP contribution in [-0.4, -0.2) is 35.6 Å².